The maximum atomic E-state index is 12.2. The molecule has 6 nitrogen and oxygen atoms in total. The zero-order valence-corrected chi connectivity index (χ0v) is 14.4. The minimum absolute atomic E-state index is 0.00272. The minimum Gasteiger partial charge on any atom is -0.325 e. The van der Waals surface area contributed by atoms with Crippen LogP contribution in [-0.4, -0.2) is 42.4 Å². The van der Waals surface area contributed by atoms with Crippen molar-refractivity contribution in [2.45, 2.75) is 45.1 Å². The Kier molecular flexibility index (Phi) is 7.21. The Bertz CT molecular complexity index is 534. The van der Waals surface area contributed by atoms with Crippen molar-refractivity contribution in [3.05, 3.63) is 24.3 Å². The van der Waals surface area contributed by atoms with Gasteiger partial charge >= 0.3 is 0 Å². The van der Waals surface area contributed by atoms with Crippen LogP contribution in [0.3, 0.4) is 0 Å². The number of amides is 2. The molecule has 0 aliphatic carbocycles. The second-order valence-corrected chi connectivity index (χ2v) is 6.45. The van der Waals surface area contributed by atoms with Crippen LogP contribution in [0.5, 0.6) is 0 Å². The van der Waals surface area contributed by atoms with Crippen molar-refractivity contribution in [2.24, 2.45) is 5.73 Å². The molecule has 2 rings (SSSR count). The Labute approximate surface area is 143 Å². The minimum atomic E-state index is -0.554. The number of hydrogen-bond acceptors (Lipinski definition) is 4. The van der Waals surface area contributed by atoms with Crippen LogP contribution < -0.4 is 16.4 Å². The van der Waals surface area contributed by atoms with E-state index in [4.69, 9.17) is 5.73 Å². The Morgan fingerprint density at radius 3 is 2.04 bits per heavy atom. The van der Waals surface area contributed by atoms with Gasteiger partial charge in [0, 0.05) is 11.4 Å². The van der Waals surface area contributed by atoms with Gasteiger partial charge in [-0.3, -0.25) is 14.5 Å². The smallest absolute Gasteiger partial charge is 0.240 e. The Morgan fingerprint density at radius 2 is 1.50 bits per heavy atom. The van der Waals surface area contributed by atoms with Crippen molar-refractivity contribution in [2.75, 3.05) is 30.3 Å². The van der Waals surface area contributed by atoms with Crippen molar-refractivity contribution in [3.8, 4) is 0 Å². The first kappa shape index (κ1) is 18.4. The maximum absolute atomic E-state index is 12.2. The number of hydrogen-bond donors (Lipinski definition) is 3. The van der Waals surface area contributed by atoms with Gasteiger partial charge in [-0.2, -0.15) is 0 Å². The number of anilines is 2. The molecule has 0 spiro atoms. The van der Waals surface area contributed by atoms with Crippen LogP contribution >= 0.6 is 0 Å². The summed E-state index contributed by atoms with van der Waals surface area (Å²) in [6.45, 7) is 4.06. The topological polar surface area (TPSA) is 87.5 Å². The van der Waals surface area contributed by atoms with Crippen LogP contribution in [0.2, 0.25) is 0 Å². The average Bonchev–Trinajstić information content (AvgIpc) is 2.51. The molecule has 1 aliphatic heterocycles. The van der Waals surface area contributed by atoms with Gasteiger partial charge in [0.05, 0.1) is 12.6 Å². The van der Waals surface area contributed by atoms with Crippen LogP contribution in [-0.2, 0) is 9.59 Å². The molecule has 1 aromatic carbocycles. The number of carbonyl (C=O) groups excluding carboxylic acids is 2. The first-order valence-electron chi connectivity index (χ1n) is 8.73. The fourth-order valence-electron chi connectivity index (χ4n) is 2.77. The van der Waals surface area contributed by atoms with Gasteiger partial charge in [-0.05, 0) is 57.1 Å². The Morgan fingerprint density at radius 1 is 1.00 bits per heavy atom. The van der Waals surface area contributed by atoms with E-state index in [-0.39, 0.29) is 11.8 Å². The highest BCUT2D eigenvalue weighted by Crippen LogP contribution is 2.14. The standard InChI is InChI=1S/C18H28N4O2/c1-14(19)18(24)21-16-9-7-15(8-10-16)20-17(23)13-22-11-5-3-2-4-6-12-22/h7-10,14H,2-6,11-13,19H2,1H3,(H,20,23)(H,21,24). The second-order valence-electron chi connectivity index (χ2n) is 6.45. The second kappa shape index (κ2) is 9.39. The van der Waals surface area contributed by atoms with Crippen molar-refractivity contribution in [3.63, 3.8) is 0 Å². The van der Waals surface area contributed by atoms with E-state index in [1.165, 1.54) is 32.1 Å². The van der Waals surface area contributed by atoms with Gasteiger partial charge in [-0.25, -0.2) is 0 Å². The number of carbonyl (C=O) groups is 2. The fourth-order valence-corrected chi connectivity index (χ4v) is 2.77. The van der Waals surface area contributed by atoms with E-state index in [1.807, 2.05) is 0 Å². The molecule has 1 aromatic rings. The molecule has 0 saturated carbocycles. The molecule has 24 heavy (non-hydrogen) atoms. The Balaban J connectivity index is 1.81. The molecule has 1 fully saturated rings. The average molecular weight is 332 g/mol. The molecule has 4 N–H and O–H groups in total. The predicted molar refractivity (Wildman–Crippen MR) is 96.9 cm³/mol. The predicted octanol–water partition coefficient (Wildman–Crippen LogP) is 2.18. The maximum Gasteiger partial charge on any atom is 0.240 e. The molecule has 1 aliphatic rings. The third-order valence-electron chi connectivity index (χ3n) is 4.17. The van der Waals surface area contributed by atoms with E-state index < -0.39 is 6.04 Å². The molecular weight excluding hydrogens is 304 g/mol. The third kappa shape index (κ3) is 6.29. The van der Waals surface area contributed by atoms with Crippen LogP contribution in [0, 0.1) is 0 Å². The van der Waals surface area contributed by atoms with E-state index in [0.717, 1.165) is 18.8 Å². The monoisotopic (exact) mass is 332 g/mol. The number of nitrogens with two attached hydrogens (primary N) is 1. The number of benzene rings is 1. The summed E-state index contributed by atoms with van der Waals surface area (Å²) in [7, 11) is 0. The molecule has 6 heteroatoms. The van der Waals surface area contributed by atoms with Crippen molar-refractivity contribution in [1.29, 1.82) is 0 Å². The van der Waals surface area contributed by atoms with Gasteiger partial charge < -0.3 is 16.4 Å². The van der Waals surface area contributed by atoms with Gasteiger partial charge in [-0.15, -0.1) is 0 Å². The number of nitrogens with one attached hydrogen (secondary N) is 2. The summed E-state index contributed by atoms with van der Waals surface area (Å²) < 4.78 is 0. The van der Waals surface area contributed by atoms with Gasteiger partial charge in [0.15, 0.2) is 0 Å². The normalized spacial score (nSPS) is 17.4. The summed E-state index contributed by atoms with van der Waals surface area (Å²) in [5.41, 5.74) is 6.91. The molecule has 1 unspecified atom stereocenters. The van der Waals surface area contributed by atoms with Gasteiger partial charge in [0.2, 0.25) is 11.8 Å². The lowest BCUT2D eigenvalue weighted by Crippen LogP contribution is -2.35. The van der Waals surface area contributed by atoms with Crippen molar-refractivity contribution < 1.29 is 9.59 Å². The Hall–Kier alpha value is -1.92. The lowest BCUT2D eigenvalue weighted by Gasteiger charge is -2.23. The molecule has 0 bridgehead atoms. The van der Waals surface area contributed by atoms with E-state index >= 15 is 0 Å². The highest BCUT2D eigenvalue weighted by atomic mass is 16.2. The molecule has 0 aromatic heterocycles. The number of likely N-dealkylation sites (tertiary alicyclic amines) is 1. The van der Waals surface area contributed by atoms with Crippen LogP contribution in [0.25, 0.3) is 0 Å². The summed E-state index contributed by atoms with van der Waals surface area (Å²) in [4.78, 5) is 26.0. The largest absolute Gasteiger partial charge is 0.325 e. The molecule has 1 saturated heterocycles. The van der Waals surface area contributed by atoms with E-state index in [2.05, 4.69) is 15.5 Å². The summed E-state index contributed by atoms with van der Waals surface area (Å²) in [5.74, 6) is -0.230. The van der Waals surface area contributed by atoms with Crippen LogP contribution in [0.1, 0.15) is 39.0 Å². The van der Waals surface area contributed by atoms with E-state index in [1.54, 1.807) is 31.2 Å². The van der Waals surface area contributed by atoms with Crippen molar-refractivity contribution in [1.82, 2.24) is 4.90 Å². The number of nitrogens with zero attached hydrogens (tertiary/aromatic N) is 1. The summed E-state index contributed by atoms with van der Waals surface area (Å²) in [5, 5.41) is 5.63. The van der Waals surface area contributed by atoms with Crippen LogP contribution in [0.15, 0.2) is 24.3 Å². The third-order valence-corrected chi connectivity index (χ3v) is 4.17. The molecular formula is C18H28N4O2. The quantitative estimate of drug-likeness (QED) is 0.771. The fraction of sp³-hybridized carbons (Fsp3) is 0.556. The van der Waals surface area contributed by atoms with Gasteiger partial charge in [-0.1, -0.05) is 19.3 Å². The summed E-state index contributed by atoms with van der Waals surface area (Å²) >= 11 is 0. The van der Waals surface area contributed by atoms with E-state index in [0.29, 0.717) is 12.2 Å². The first-order chi connectivity index (χ1) is 11.5. The molecule has 0 radical (unpaired) electrons. The highest BCUT2D eigenvalue weighted by molar-refractivity contribution is 5.95. The van der Waals surface area contributed by atoms with Crippen molar-refractivity contribution >= 4 is 23.2 Å². The van der Waals surface area contributed by atoms with E-state index in [9.17, 15) is 9.59 Å². The lowest BCUT2D eigenvalue weighted by molar-refractivity contribution is -0.118. The zero-order valence-electron chi connectivity index (χ0n) is 14.4. The molecule has 1 atom stereocenters. The summed E-state index contributed by atoms with van der Waals surface area (Å²) in [6, 6.07) is 6.52. The molecule has 1 heterocycles. The van der Waals surface area contributed by atoms with Crippen LogP contribution in [0.4, 0.5) is 11.4 Å². The zero-order chi connectivity index (χ0) is 17.4. The first-order valence-corrected chi connectivity index (χ1v) is 8.73. The molecule has 132 valence electrons. The molecule has 2 amide bonds. The number of rotatable bonds is 5. The van der Waals surface area contributed by atoms with Gasteiger partial charge in [0.1, 0.15) is 0 Å². The van der Waals surface area contributed by atoms with Gasteiger partial charge in [0.25, 0.3) is 0 Å². The summed E-state index contributed by atoms with van der Waals surface area (Å²) in [6.07, 6.45) is 6.16. The highest BCUT2D eigenvalue weighted by Gasteiger charge is 2.12. The SMILES string of the molecule is CC(N)C(=O)Nc1ccc(NC(=O)CN2CCCCCCC2)cc1. The lowest BCUT2D eigenvalue weighted by atomic mass is 10.1.